The number of nitrogens with zero attached hydrogens (tertiary/aromatic N) is 3. The smallest absolute Gasteiger partial charge is 0.227 e. The van der Waals surface area contributed by atoms with Gasteiger partial charge in [0.05, 0.1) is 11.6 Å². The van der Waals surface area contributed by atoms with Crippen molar-refractivity contribution in [2.45, 2.75) is 21.4 Å². The predicted octanol–water partition coefficient (Wildman–Crippen LogP) is 4.96. The van der Waals surface area contributed by atoms with Crippen LogP contribution in [0.4, 0.5) is 9.52 Å². The van der Waals surface area contributed by atoms with Gasteiger partial charge in [0.1, 0.15) is 5.82 Å². The summed E-state index contributed by atoms with van der Waals surface area (Å²) in [6.45, 7) is 0. The van der Waals surface area contributed by atoms with Gasteiger partial charge in [-0.05, 0) is 42.0 Å². The van der Waals surface area contributed by atoms with Gasteiger partial charge < -0.3 is 5.32 Å². The molecule has 0 unspecified atom stereocenters. The molecule has 28 heavy (non-hydrogen) atoms. The first-order valence-electron chi connectivity index (χ1n) is 8.26. The summed E-state index contributed by atoms with van der Waals surface area (Å²) in [5.41, 5.74) is 1.72. The van der Waals surface area contributed by atoms with E-state index in [2.05, 4.69) is 21.6 Å². The van der Waals surface area contributed by atoms with Crippen molar-refractivity contribution in [3.05, 3.63) is 65.5 Å². The molecule has 0 aliphatic carbocycles. The second-order valence-corrected chi connectivity index (χ2v) is 8.94. The Hall–Kier alpha value is -2.41. The molecule has 0 spiro atoms. The Morgan fingerprint density at radius 3 is 2.57 bits per heavy atom. The fourth-order valence-electron chi connectivity index (χ4n) is 2.11. The summed E-state index contributed by atoms with van der Waals surface area (Å²) in [5, 5.41) is 20.1. The first kappa shape index (κ1) is 20.3. The van der Waals surface area contributed by atoms with Crippen molar-refractivity contribution in [1.82, 2.24) is 10.2 Å². The quantitative estimate of drug-likeness (QED) is 0.402. The molecular formula is C19H15FN4OS3. The number of carbonyl (C=O) groups is 1. The number of hydrogen-bond acceptors (Lipinski definition) is 7. The molecule has 0 atom stereocenters. The second kappa shape index (κ2) is 10.2. The van der Waals surface area contributed by atoms with Crippen LogP contribution in [0.2, 0.25) is 0 Å². The number of amides is 1. The zero-order chi connectivity index (χ0) is 19.8. The normalized spacial score (nSPS) is 10.4. The van der Waals surface area contributed by atoms with E-state index in [1.807, 2.05) is 12.1 Å². The van der Waals surface area contributed by atoms with E-state index >= 15 is 0 Å². The highest BCUT2D eigenvalue weighted by Gasteiger charge is 2.09. The first-order chi connectivity index (χ1) is 13.6. The summed E-state index contributed by atoms with van der Waals surface area (Å²) in [6, 6.07) is 15.7. The third-order valence-electron chi connectivity index (χ3n) is 3.51. The van der Waals surface area contributed by atoms with E-state index in [4.69, 9.17) is 5.26 Å². The van der Waals surface area contributed by atoms with Crippen LogP contribution >= 0.6 is 34.9 Å². The van der Waals surface area contributed by atoms with Crippen molar-refractivity contribution in [1.29, 1.82) is 5.26 Å². The van der Waals surface area contributed by atoms with Crippen LogP contribution in [0.15, 0.2) is 57.8 Å². The maximum Gasteiger partial charge on any atom is 0.227 e. The zero-order valence-electron chi connectivity index (χ0n) is 14.6. The van der Waals surface area contributed by atoms with E-state index in [1.165, 1.54) is 47.0 Å². The van der Waals surface area contributed by atoms with Crippen LogP contribution in [0.25, 0.3) is 0 Å². The topological polar surface area (TPSA) is 78.7 Å². The number of halogens is 1. The molecule has 3 aromatic rings. The molecule has 142 valence electrons. The number of nitriles is 1. The van der Waals surface area contributed by atoms with Gasteiger partial charge in [0.25, 0.3) is 0 Å². The number of anilines is 1. The van der Waals surface area contributed by atoms with Gasteiger partial charge in [-0.3, -0.25) is 4.79 Å². The van der Waals surface area contributed by atoms with Crippen LogP contribution in [0.3, 0.4) is 0 Å². The van der Waals surface area contributed by atoms with Crippen molar-refractivity contribution in [3.8, 4) is 6.07 Å². The molecule has 0 saturated heterocycles. The molecule has 1 amide bonds. The van der Waals surface area contributed by atoms with E-state index in [0.29, 0.717) is 28.6 Å². The number of nitrogens with one attached hydrogen (secondary N) is 1. The predicted molar refractivity (Wildman–Crippen MR) is 111 cm³/mol. The lowest BCUT2D eigenvalue weighted by atomic mass is 10.2. The van der Waals surface area contributed by atoms with Gasteiger partial charge in [-0.25, -0.2) is 4.39 Å². The minimum Gasteiger partial charge on any atom is -0.300 e. The fraction of sp³-hybridized carbons (Fsp3) is 0.158. The van der Waals surface area contributed by atoms with Gasteiger partial charge >= 0.3 is 0 Å². The molecule has 1 aromatic heterocycles. The Morgan fingerprint density at radius 2 is 1.86 bits per heavy atom. The van der Waals surface area contributed by atoms with Crippen LogP contribution in [0.5, 0.6) is 0 Å². The molecule has 0 bridgehead atoms. The van der Waals surface area contributed by atoms with E-state index < -0.39 is 0 Å². The maximum absolute atomic E-state index is 12.9. The molecule has 1 heterocycles. The maximum atomic E-state index is 12.9. The number of thioether (sulfide) groups is 2. The molecule has 5 nitrogen and oxygen atoms in total. The Balaban J connectivity index is 1.41. The number of benzene rings is 2. The summed E-state index contributed by atoms with van der Waals surface area (Å²) in [4.78, 5) is 12.9. The lowest BCUT2D eigenvalue weighted by molar-refractivity contribution is -0.115. The van der Waals surface area contributed by atoms with Crippen molar-refractivity contribution in [2.24, 2.45) is 0 Å². The largest absolute Gasteiger partial charge is 0.300 e. The first-order valence-corrected chi connectivity index (χ1v) is 11.0. The molecule has 1 N–H and O–H groups in total. The van der Waals surface area contributed by atoms with Gasteiger partial charge in [0, 0.05) is 22.8 Å². The van der Waals surface area contributed by atoms with Crippen LogP contribution < -0.4 is 5.32 Å². The molecule has 0 aliphatic rings. The van der Waals surface area contributed by atoms with Crippen LogP contribution in [-0.2, 0) is 10.5 Å². The average molecular weight is 431 g/mol. The SMILES string of the molecule is N#Cc1ccc(CSc2nnc(NC(=O)CCSc3ccc(F)cc3)s2)cc1. The molecule has 0 saturated carbocycles. The molecule has 0 radical (unpaired) electrons. The molecule has 0 fully saturated rings. The summed E-state index contributed by atoms with van der Waals surface area (Å²) in [7, 11) is 0. The third kappa shape index (κ3) is 6.34. The number of hydrogen-bond donors (Lipinski definition) is 1. The van der Waals surface area contributed by atoms with Gasteiger partial charge in [-0.15, -0.1) is 22.0 Å². The van der Waals surface area contributed by atoms with Crippen molar-refractivity contribution >= 4 is 45.9 Å². The zero-order valence-corrected chi connectivity index (χ0v) is 17.0. The molecule has 0 aliphatic heterocycles. The summed E-state index contributed by atoms with van der Waals surface area (Å²) < 4.78 is 13.6. The van der Waals surface area contributed by atoms with Gasteiger partial charge in [-0.2, -0.15) is 5.26 Å². The Morgan fingerprint density at radius 1 is 1.11 bits per heavy atom. The summed E-state index contributed by atoms with van der Waals surface area (Å²) >= 11 is 4.35. The van der Waals surface area contributed by atoms with Gasteiger partial charge in [-0.1, -0.05) is 35.2 Å². The highest BCUT2D eigenvalue weighted by molar-refractivity contribution is 8.00. The highest BCUT2D eigenvalue weighted by atomic mass is 32.2. The summed E-state index contributed by atoms with van der Waals surface area (Å²) in [5.74, 6) is 0.903. The van der Waals surface area contributed by atoms with Crippen molar-refractivity contribution < 1.29 is 9.18 Å². The Bertz CT molecular complexity index is 968. The standard InChI is InChI=1S/C19H15FN4OS3/c20-15-5-7-16(8-6-15)26-10-9-17(25)22-18-23-24-19(28-18)27-12-14-3-1-13(11-21)2-4-14/h1-8H,9-10,12H2,(H,22,23,25). The molecular weight excluding hydrogens is 415 g/mol. The fourth-order valence-corrected chi connectivity index (χ4v) is 4.69. The van der Waals surface area contributed by atoms with Crippen molar-refractivity contribution in [3.63, 3.8) is 0 Å². The van der Waals surface area contributed by atoms with Gasteiger partial charge in [0.15, 0.2) is 4.34 Å². The molecule has 3 rings (SSSR count). The number of aromatic nitrogens is 2. The van der Waals surface area contributed by atoms with Gasteiger partial charge in [0.2, 0.25) is 11.0 Å². The third-order valence-corrected chi connectivity index (χ3v) is 6.57. The van der Waals surface area contributed by atoms with Crippen LogP contribution in [0, 0.1) is 17.1 Å². The minimum absolute atomic E-state index is 0.130. The minimum atomic E-state index is -0.272. The molecule has 2 aromatic carbocycles. The monoisotopic (exact) mass is 430 g/mol. The van der Waals surface area contributed by atoms with E-state index in [0.717, 1.165) is 14.8 Å². The highest BCUT2D eigenvalue weighted by Crippen LogP contribution is 2.28. The van der Waals surface area contributed by atoms with Crippen LogP contribution in [-0.4, -0.2) is 21.9 Å². The lowest BCUT2D eigenvalue weighted by Crippen LogP contribution is -2.11. The number of carbonyl (C=O) groups excluding carboxylic acids is 1. The Kier molecular flexibility index (Phi) is 7.42. The average Bonchev–Trinajstić information content (AvgIpc) is 3.15. The van der Waals surface area contributed by atoms with Crippen molar-refractivity contribution in [2.75, 3.05) is 11.1 Å². The summed E-state index contributed by atoms with van der Waals surface area (Å²) in [6.07, 6.45) is 0.329. The molecule has 9 heteroatoms. The van der Waals surface area contributed by atoms with E-state index in [9.17, 15) is 9.18 Å². The van der Waals surface area contributed by atoms with Crippen LogP contribution in [0.1, 0.15) is 17.5 Å². The van der Waals surface area contributed by atoms with E-state index in [-0.39, 0.29) is 11.7 Å². The second-order valence-electron chi connectivity index (χ2n) is 5.57. The number of rotatable bonds is 8. The van der Waals surface area contributed by atoms with E-state index in [1.54, 1.807) is 24.3 Å². The lowest BCUT2D eigenvalue weighted by Gasteiger charge is -2.02. The Labute approximate surface area is 174 Å².